The van der Waals surface area contributed by atoms with Crippen LogP contribution in [0.1, 0.15) is 18.4 Å². The van der Waals surface area contributed by atoms with E-state index in [2.05, 4.69) is 10.5 Å². The molecule has 1 aromatic rings. The Morgan fingerprint density at radius 1 is 1.35 bits per heavy atom. The van der Waals surface area contributed by atoms with Gasteiger partial charge in [0.1, 0.15) is 5.41 Å². The molecule has 0 bridgehead atoms. The molecule has 108 valence electrons. The monoisotopic (exact) mass is 287 g/mol. The number of hydrogen-bond acceptors (Lipinski definition) is 3. The van der Waals surface area contributed by atoms with Crippen LogP contribution in [0.25, 0.3) is 0 Å². The molecule has 1 aliphatic rings. The van der Waals surface area contributed by atoms with E-state index in [-0.39, 0.29) is 11.5 Å². The molecule has 0 heterocycles. The molecule has 0 atom stereocenters. The third kappa shape index (κ3) is 2.40. The van der Waals surface area contributed by atoms with Crippen molar-refractivity contribution in [1.82, 2.24) is 0 Å². The Labute approximate surface area is 112 Å². The zero-order valence-corrected chi connectivity index (χ0v) is 10.2. The van der Waals surface area contributed by atoms with Gasteiger partial charge >= 0.3 is 6.18 Å². The van der Waals surface area contributed by atoms with Crippen LogP contribution in [-0.2, 0) is 11.0 Å². The molecule has 0 aromatic heterocycles. The number of nitrogens with one attached hydrogen (secondary N) is 1. The molecule has 1 fully saturated rings. The topological polar surface area (TPSA) is 87.7 Å². The average molecular weight is 287 g/mol. The molecule has 1 aliphatic carbocycles. The van der Waals surface area contributed by atoms with Crippen molar-refractivity contribution in [2.75, 3.05) is 5.32 Å². The lowest BCUT2D eigenvalue weighted by molar-refractivity contribution is -0.137. The largest absolute Gasteiger partial charge is 0.418 e. The lowest BCUT2D eigenvalue weighted by Crippen LogP contribution is -2.36. The van der Waals surface area contributed by atoms with Gasteiger partial charge in [-0.1, -0.05) is 17.3 Å². The summed E-state index contributed by atoms with van der Waals surface area (Å²) in [5, 5.41) is 13.6. The summed E-state index contributed by atoms with van der Waals surface area (Å²) in [7, 11) is 0. The van der Waals surface area contributed by atoms with Crippen molar-refractivity contribution in [3.8, 4) is 0 Å². The molecule has 0 spiro atoms. The number of carbonyl (C=O) groups excluding carboxylic acids is 1. The van der Waals surface area contributed by atoms with Crippen LogP contribution in [0.2, 0.25) is 0 Å². The van der Waals surface area contributed by atoms with Gasteiger partial charge < -0.3 is 16.3 Å². The van der Waals surface area contributed by atoms with Gasteiger partial charge in [-0.3, -0.25) is 4.79 Å². The van der Waals surface area contributed by atoms with E-state index in [1.54, 1.807) is 0 Å². The number of carbonyl (C=O) groups is 1. The first-order chi connectivity index (χ1) is 9.31. The maximum Gasteiger partial charge on any atom is 0.418 e. The Balaban J connectivity index is 2.26. The first-order valence-corrected chi connectivity index (χ1v) is 5.77. The van der Waals surface area contributed by atoms with Gasteiger partial charge in [0.15, 0.2) is 5.84 Å². The molecular weight excluding hydrogens is 275 g/mol. The second-order valence-corrected chi connectivity index (χ2v) is 4.56. The third-order valence-corrected chi connectivity index (χ3v) is 3.26. The van der Waals surface area contributed by atoms with Crippen molar-refractivity contribution in [3.05, 3.63) is 29.8 Å². The number of anilines is 1. The van der Waals surface area contributed by atoms with Crippen molar-refractivity contribution < 1.29 is 23.2 Å². The number of halogens is 3. The summed E-state index contributed by atoms with van der Waals surface area (Å²) in [5.74, 6) is -0.996. The van der Waals surface area contributed by atoms with Crippen molar-refractivity contribution in [1.29, 1.82) is 0 Å². The molecule has 0 unspecified atom stereocenters. The van der Waals surface area contributed by atoms with Crippen LogP contribution in [0.3, 0.4) is 0 Å². The Bertz CT molecular complexity index is 565. The number of oxime groups is 1. The Morgan fingerprint density at radius 2 is 1.95 bits per heavy atom. The van der Waals surface area contributed by atoms with Crippen molar-refractivity contribution in [3.63, 3.8) is 0 Å². The number of alkyl halides is 3. The van der Waals surface area contributed by atoms with Gasteiger partial charge in [-0.15, -0.1) is 0 Å². The van der Waals surface area contributed by atoms with E-state index in [0.717, 1.165) is 12.1 Å². The molecule has 0 radical (unpaired) electrons. The number of benzene rings is 1. The van der Waals surface area contributed by atoms with E-state index in [1.807, 2.05) is 0 Å². The van der Waals surface area contributed by atoms with E-state index in [0.29, 0.717) is 12.8 Å². The van der Waals surface area contributed by atoms with E-state index < -0.39 is 23.1 Å². The minimum atomic E-state index is -4.57. The SMILES string of the molecule is N/C(=N/O)C1(C(=O)Nc2ccccc2C(F)(F)F)CC1. The van der Waals surface area contributed by atoms with E-state index in [1.165, 1.54) is 12.1 Å². The van der Waals surface area contributed by atoms with Crippen LogP contribution in [-0.4, -0.2) is 17.0 Å². The van der Waals surface area contributed by atoms with Crippen LogP contribution in [0.15, 0.2) is 29.4 Å². The second kappa shape index (κ2) is 4.69. The number of rotatable bonds is 3. The van der Waals surface area contributed by atoms with Crippen LogP contribution in [0, 0.1) is 5.41 Å². The van der Waals surface area contributed by atoms with E-state index in [9.17, 15) is 18.0 Å². The lowest BCUT2D eigenvalue weighted by Gasteiger charge is -2.17. The molecular formula is C12H12F3N3O2. The summed E-state index contributed by atoms with van der Waals surface area (Å²) in [6.07, 6.45) is -3.90. The number of amides is 1. The van der Waals surface area contributed by atoms with Crippen molar-refractivity contribution in [2.24, 2.45) is 16.3 Å². The first-order valence-electron chi connectivity index (χ1n) is 5.77. The first kappa shape index (κ1) is 14.2. The fourth-order valence-corrected chi connectivity index (χ4v) is 1.90. The van der Waals surface area contributed by atoms with E-state index in [4.69, 9.17) is 10.9 Å². The van der Waals surface area contributed by atoms with Crippen molar-refractivity contribution in [2.45, 2.75) is 19.0 Å². The number of nitrogens with zero attached hydrogens (tertiary/aromatic N) is 1. The standard InChI is InChI=1S/C12H12F3N3O2/c13-12(14,15)7-3-1-2-4-8(7)17-10(19)11(5-6-11)9(16)18-20/h1-4,20H,5-6H2,(H2,16,18)(H,17,19). The number of nitrogens with two attached hydrogens (primary N) is 1. The van der Waals surface area contributed by atoms with Gasteiger partial charge in [-0.2, -0.15) is 13.2 Å². The molecule has 1 aromatic carbocycles. The molecule has 20 heavy (non-hydrogen) atoms. The van der Waals surface area contributed by atoms with Gasteiger partial charge in [0.05, 0.1) is 11.3 Å². The minimum absolute atomic E-state index is 0.292. The molecule has 5 nitrogen and oxygen atoms in total. The van der Waals surface area contributed by atoms with Gasteiger partial charge in [0.25, 0.3) is 0 Å². The summed E-state index contributed by atoms with van der Waals surface area (Å²) in [6.45, 7) is 0. The normalized spacial score (nSPS) is 17.6. The zero-order chi connectivity index (χ0) is 15.0. The minimum Gasteiger partial charge on any atom is -0.409 e. The highest BCUT2D eigenvalue weighted by Gasteiger charge is 2.54. The van der Waals surface area contributed by atoms with Crippen LogP contribution >= 0.6 is 0 Å². The highest BCUT2D eigenvalue weighted by molar-refractivity contribution is 6.14. The number of para-hydroxylation sites is 1. The molecule has 1 amide bonds. The van der Waals surface area contributed by atoms with Gasteiger partial charge in [0.2, 0.25) is 5.91 Å². The quantitative estimate of drug-likeness (QED) is 0.344. The summed E-state index contributed by atoms with van der Waals surface area (Å²) < 4.78 is 38.4. The highest BCUT2D eigenvalue weighted by Crippen LogP contribution is 2.47. The Hall–Kier alpha value is -2.25. The number of hydrogen-bond donors (Lipinski definition) is 3. The molecule has 2 rings (SSSR count). The van der Waals surface area contributed by atoms with Gasteiger partial charge in [-0.25, -0.2) is 0 Å². The fourth-order valence-electron chi connectivity index (χ4n) is 1.90. The summed E-state index contributed by atoms with van der Waals surface area (Å²) in [6, 6.07) is 4.64. The third-order valence-electron chi connectivity index (χ3n) is 3.26. The Morgan fingerprint density at radius 3 is 2.45 bits per heavy atom. The Kier molecular flexibility index (Phi) is 3.33. The maximum absolute atomic E-state index is 12.8. The summed E-state index contributed by atoms with van der Waals surface area (Å²) >= 11 is 0. The molecule has 4 N–H and O–H groups in total. The van der Waals surface area contributed by atoms with E-state index >= 15 is 0 Å². The maximum atomic E-state index is 12.8. The van der Waals surface area contributed by atoms with Crippen molar-refractivity contribution >= 4 is 17.4 Å². The molecule has 0 saturated heterocycles. The molecule has 1 saturated carbocycles. The lowest BCUT2D eigenvalue weighted by atomic mass is 10.0. The van der Waals surface area contributed by atoms with Crippen LogP contribution in [0.4, 0.5) is 18.9 Å². The fraction of sp³-hybridized carbons (Fsp3) is 0.333. The smallest absolute Gasteiger partial charge is 0.409 e. The predicted molar refractivity (Wildman–Crippen MR) is 65.1 cm³/mol. The highest BCUT2D eigenvalue weighted by atomic mass is 19.4. The molecule has 0 aliphatic heterocycles. The predicted octanol–water partition coefficient (Wildman–Crippen LogP) is 2.17. The molecule has 8 heteroatoms. The van der Waals surface area contributed by atoms with Crippen LogP contribution < -0.4 is 11.1 Å². The van der Waals surface area contributed by atoms with Gasteiger partial charge in [-0.05, 0) is 25.0 Å². The second-order valence-electron chi connectivity index (χ2n) is 4.56. The average Bonchev–Trinajstić information content (AvgIpc) is 3.18. The van der Waals surface area contributed by atoms with Crippen LogP contribution in [0.5, 0.6) is 0 Å². The summed E-state index contributed by atoms with van der Waals surface area (Å²) in [5.41, 5.74) is 2.92. The number of amidine groups is 1. The zero-order valence-electron chi connectivity index (χ0n) is 10.2. The van der Waals surface area contributed by atoms with Gasteiger partial charge in [0, 0.05) is 0 Å². The summed E-state index contributed by atoms with van der Waals surface area (Å²) in [4.78, 5) is 12.0.